The van der Waals surface area contributed by atoms with Crippen LogP contribution in [0.5, 0.6) is 6.01 Å². The topological polar surface area (TPSA) is 92.4 Å². The maximum absolute atomic E-state index is 14.7. The van der Waals surface area contributed by atoms with Crippen LogP contribution in [0.1, 0.15) is 37.7 Å². The number of piperazine rings is 1. The summed E-state index contributed by atoms with van der Waals surface area (Å²) in [5.74, 6) is -1.49. The summed E-state index contributed by atoms with van der Waals surface area (Å²) < 4.78 is 77.3. The Morgan fingerprint density at radius 2 is 2.00 bits per heavy atom. The fourth-order valence-corrected chi connectivity index (χ4v) is 7.80. The SMILES string of the molecule is C=CC12CCC(CN(c3nc(OCC45CCCN4CC(F)C5)nc4cc(-c5nc(N)cc(F)c5C(F)(F)F)c(Cl)cc34)C1)N2. The van der Waals surface area contributed by atoms with Gasteiger partial charge in [0, 0.05) is 49.1 Å². The number of ether oxygens (including phenoxy) is 1. The van der Waals surface area contributed by atoms with Gasteiger partial charge in [-0.2, -0.15) is 23.1 Å². The molecule has 0 spiro atoms. The molecule has 4 unspecified atom stereocenters. The summed E-state index contributed by atoms with van der Waals surface area (Å²) in [5.41, 5.74) is 2.60. The van der Waals surface area contributed by atoms with Crippen molar-refractivity contribution in [3.05, 3.63) is 47.3 Å². The second-order valence-electron chi connectivity index (χ2n) is 12.4. The molecule has 1 aromatic carbocycles. The summed E-state index contributed by atoms with van der Waals surface area (Å²) in [6.45, 7) is 6.49. The maximum atomic E-state index is 14.7. The first kappa shape index (κ1) is 29.4. The van der Waals surface area contributed by atoms with Gasteiger partial charge in [-0.1, -0.05) is 17.7 Å². The summed E-state index contributed by atoms with van der Waals surface area (Å²) in [4.78, 5) is 17.4. The van der Waals surface area contributed by atoms with Crippen molar-refractivity contribution in [1.82, 2.24) is 25.2 Å². The lowest BCUT2D eigenvalue weighted by molar-refractivity contribution is -0.139. The van der Waals surface area contributed by atoms with E-state index in [9.17, 15) is 22.0 Å². The molecule has 8 nitrogen and oxygen atoms in total. The third-order valence-corrected chi connectivity index (χ3v) is 9.85. The monoisotopic (exact) mass is 635 g/mol. The largest absolute Gasteiger partial charge is 0.461 e. The molecule has 0 saturated carbocycles. The number of nitrogens with zero attached hydrogens (tertiary/aromatic N) is 5. The fourth-order valence-electron chi connectivity index (χ4n) is 7.55. The van der Waals surface area contributed by atoms with Crippen LogP contribution in [0.25, 0.3) is 22.2 Å². The molecule has 44 heavy (non-hydrogen) atoms. The standard InChI is InChI=1S/C30H31ClF5N7O/c1-2-28-6-4-17(41-28)13-42(14-28)26-19-8-20(31)18(25-24(30(34,35)36)21(33)10-23(37)39-25)9-22(19)38-27(40-26)44-15-29-5-3-7-43(29)12-16(32)11-29/h2,8-10,16-17,41H,1,3-7,11-15H2,(H2,37,39). The van der Waals surface area contributed by atoms with Gasteiger partial charge >= 0.3 is 12.2 Å². The van der Waals surface area contributed by atoms with E-state index >= 15 is 0 Å². The van der Waals surface area contributed by atoms with Gasteiger partial charge in [0.15, 0.2) is 0 Å². The zero-order valence-electron chi connectivity index (χ0n) is 23.7. The summed E-state index contributed by atoms with van der Waals surface area (Å²) >= 11 is 6.61. The Bertz CT molecular complexity index is 1660. The number of nitrogens with two attached hydrogens (primary N) is 1. The quantitative estimate of drug-likeness (QED) is 0.270. The van der Waals surface area contributed by atoms with E-state index < -0.39 is 40.8 Å². The number of rotatable bonds is 6. The predicted molar refractivity (Wildman–Crippen MR) is 157 cm³/mol. The number of aromatic nitrogens is 3. The normalized spacial score (nSPS) is 28.5. The minimum absolute atomic E-state index is 0.00518. The Kier molecular flexibility index (Phi) is 6.94. The van der Waals surface area contributed by atoms with Gasteiger partial charge in [-0.15, -0.1) is 6.58 Å². The van der Waals surface area contributed by atoms with Crippen molar-refractivity contribution >= 4 is 34.1 Å². The van der Waals surface area contributed by atoms with Crippen molar-refractivity contribution in [2.75, 3.05) is 43.4 Å². The molecule has 2 aromatic heterocycles. The average Bonchev–Trinajstić information content (AvgIpc) is 3.59. The van der Waals surface area contributed by atoms with Gasteiger partial charge in [0.1, 0.15) is 35.8 Å². The van der Waals surface area contributed by atoms with Crippen LogP contribution in [0, 0.1) is 5.82 Å². The van der Waals surface area contributed by atoms with Gasteiger partial charge < -0.3 is 20.7 Å². The molecule has 234 valence electrons. The minimum atomic E-state index is -5.06. The lowest BCUT2D eigenvalue weighted by Crippen LogP contribution is -2.58. The van der Waals surface area contributed by atoms with E-state index in [2.05, 4.69) is 31.7 Å². The highest BCUT2D eigenvalue weighted by atomic mass is 35.5. The van der Waals surface area contributed by atoms with E-state index in [1.807, 2.05) is 6.08 Å². The molecule has 0 radical (unpaired) electrons. The molecule has 2 bridgehead atoms. The Morgan fingerprint density at radius 3 is 2.77 bits per heavy atom. The number of benzene rings is 1. The second-order valence-corrected chi connectivity index (χ2v) is 12.8. The molecule has 14 heteroatoms. The molecular formula is C30H31ClF5N7O. The first-order valence-electron chi connectivity index (χ1n) is 14.6. The number of alkyl halides is 4. The molecule has 7 rings (SSSR count). The molecule has 0 aliphatic carbocycles. The maximum Gasteiger partial charge on any atom is 0.421 e. The van der Waals surface area contributed by atoms with Crippen molar-refractivity contribution in [3.63, 3.8) is 0 Å². The van der Waals surface area contributed by atoms with Gasteiger partial charge in [-0.25, -0.2) is 13.8 Å². The van der Waals surface area contributed by atoms with Gasteiger partial charge in [0.05, 0.1) is 27.3 Å². The van der Waals surface area contributed by atoms with Crippen molar-refractivity contribution in [2.45, 2.75) is 61.6 Å². The van der Waals surface area contributed by atoms with Gasteiger partial charge in [-0.3, -0.25) is 4.90 Å². The number of nitrogen functional groups attached to an aromatic ring is 1. The lowest BCUT2D eigenvalue weighted by Gasteiger charge is -2.40. The highest BCUT2D eigenvalue weighted by molar-refractivity contribution is 6.34. The Labute approximate surface area is 255 Å². The van der Waals surface area contributed by atoms with Crippen molar-refractivity contribution in [1.29, 1.82) is 0 Å². The zero-order valence-corrected chi connectivity index (χ0v) is 24.5. The molecule has 4 fully saturated rings. The number of hydrogen-bond donors (Lipinski definition) is 2. The smallest absolute Gasteiger partial charge is 0.421 e. The third kappa shape index (κ3) is 4.93. The van der Waals surface area contributed by atoms with Crippen LogP contribution in [-0.4, -0.2) is 75.9 Å². The van der Waals surface area contributed by atoms with E-state index in [-0.39, 0.29) is 40.3 Å². The van der Waals surface area contributed by atoms with Gasteiger partial charge in [0.25, 0.3) is 0 Å². The van der Waals surface area contributed by atoms with Crippen LogP contribution >= 0.6 is 11.6 Å². The predicted octanol–water partition coefficient (Wildman–Crippen LogP) is 5.54. The molecule has 0 amide bonds. The van der Waals surface area contributed by atoms with E-state index in [1.165, 1.54) is 12.1 Å². The first-order chi connectivity index (χ1) is 20.9. The first-order valence-corrected chi connectivity index (χ1v) is 15.0. The molecule has 6 heterocycles. The molecule has 4 atom stereocenters. The van der Waals surface area contributed by atoms with Crippen LogP contribution in [0.3, 0.4) is 0 Å². The summed E-state index contributed by atoms with van der Waals surface area (Å²) in [5, 5.41) is 4.00. The molecule has 4 aliphatic rings. The Morgan fingerprint density at radius 1 is 1.18 bits per heavy atom. The third-order valence-electron chi connectivity index (χ3n) is 9.54. The van der Waals surface area contributed by atoms with Gasteiger partial charge in [-0.05, 0) is 44.4 Å². The number of hydrogen-bond acceptors (Lipinski definition) is 8. The van der Waals surface area contributed by atoms with Gasteiger partial charge in [0.2, 0.25) is 0 Å². The Balaban J connectivity index is 1.36. The number of anilines is 2. The number of halogens is 6. The highest BCUT2D eigenvalue weighted by Gasteiger charge is 2.49. The lowest BCUT2D eigenvalue weighted by atomic mass is 9.95. The molecular weight excluding hydrogens is 605 g/mol. The van der Waals surface area contributed by atoms with E-state index in [1.54, 1.807) is 0 Å². The summed E-state index contributed by atoms with van der Waals surface area (Å²) in [6.07, 6.45) is -0.227. The van der Waals surface area contributed by atoms with E-state index in [0.717, 1.165) is 32.2 Å². The highest BCUT2D eigenvalue weighted by Crippen LogP contribution is 2.44. The zero-order chi connectivity index (χ0) is 31.0. The fraction of sp³-hybridized carbons (Fsp3) is 0.500. The van der Waals surface area contributed by atoms with Crippen LogP contribution < -0.4 is 20.7 Å². The van der Waals surface area contributed by atoms with Crippen LogP contribution in [0.2, 0.25) is 5.02 Å². The van der Waals surface area contributed by atoms with Crippen LogP contribution in [0.15, 0.2) is 30.9 Å². The average molecular weight is 636 g/mol. The molecule has 3 aromatic rings. The van der Waals surface area contributed by atoms with Crippen molar-refractivity contribution in [3.8, 4) is 17.3 Å². The molecule has 3 N–H and O–H groups in total. The van der Waals surface area contributed by atoms with Crippen LogP contribution in [-0.2, 0) is 6.18 Å². The van der Waals surface area contributed by atoms with E-state index in [4.69, 9.17) is 27.1 Å². The van der Waals surface area contributed by atoms with Crippen LogP contribution in [0.4, 0.5) is 33.6 Å². The minimum Gasteiger partial charge on any atom is -0.461 e. The van der Waals surface area contributed by atoms with E-state index in [0.29, 0.717) is 43.3 Å². The Hall–Kier alpha value is -3.29. The van der Waals surface area contributed by atoms with Crippen molar-refractivity contribution in [2.24, 2.45) is 0 Å². The molecule has 4 aliphatic heterocycles. The second kappa shape index (κ2) is 10.4. The summed E-state index contributed by atoms with van der Waals surface area (Å²) in [6, 6.07) is 3.51. The number of nitrogens with one attached hydrogen (secondary N) is 1. The molecule has 4 saturated heterocycles. The number of pyridine rings is 1. The summed E-state index contributed by atoms with van der Waals surface area (Å²) in [7, 11) is 0. The van der Waals surface area contributed by atoms with Crippen molar-refractivity contribution < 1.29 is 26.7 Å². The number of fused-ring (bicyclic) bond motifs is 4.